The Morgan fingerprint density at radius 3 is 2.42 bits per heavy atom. The van der Waals surface area contributed by atoms with Crippen LogP contribution in [0.25, 0.3) is 0 Å². The van der Waals surface area contributed by atoms with E-state index >= 15 is 0 Å². The molecule has 2 aromatic rings. The molecule has 3 rings (SSSR count). The number of hydrogen-bond acceptors (Lipinski definition) is 9. The van der Waals surface area contributed by atoms with Gasteiger partial charge in [-0.3, -0.25) is 19.3 Å². The molecule has 6 atom stereocenters. The number of amides is 3. The topological polar surface area (TPSA) is 141 Å². The predicted molar refractivity (Wildman–Crippen MR) is 187 cm³/mol. The van der Waals surface area contributed by atoms with Crippen molar-refractivity contribution in [1.29, 1.82) is 0 Å². The zero-order chi connectivity index (χ0) is 35.4. The zero-order valence-corrected chi connectivity index (χ0v) is 30.4. The summed E-state index contributed by atoms with van der Waals surface area (Å²) in [5, 5.41) is 19.2. The number of aliphatic hydroxyl groups excluding tert-OH is 1. The lowest BCUT2D eigenvalue weighted by molar-refractivity contribution is -0.143. The van der Waals surface area contributed by atoms with Crippen LogP contribution in [0, 0.1) is 11.8 Å². The van der Waals surface area contributed by atoms with Gasteiger partial charge in [0.2, 0.25) is 11.8 Å². The van der Waals surface area contributed by atoms with Gasteiger partial charge >= 0.3 is 5.97 Å². The van der Waals surface area contributed by atoms with Gasteiger partial charge in [0.15, 0.2) is 0 Å². The van der Waals surface area contributed by atoms with E-state index in [0.717, 1.165) is 49.1 Å². The van der Waals surface area contributed by atoms with E-state index in [4.69, 9.17) is 4.74 Å². The van der Waals surface area contributed by atoms with Crippen molar-refractivity contribution in [2.45, 2.75) is 110 Å². The van der Waals surface area contributed by atoms with Crippen molar-refractivity contribution in [3.05, 3.63) is 52.0 Å². The van der Waals surface area contributed by atoms with E-state index in [1.807, 2.05) is 76.9 Å². The quantitative estimate of drug-likeness (QED) is 0.209. The van der Waals surface area contributed by atoms with E-state index in [9.17, 15) is 24.3 Å². The fraction of sp³-hybridized carbons (Fsp3) is 0.639. The minimum atomic E-state index is -1.04. The van der Waals surface area contributed by atoms with Crippen molar-refractivity contribution in [3.8, 4) is 0 Å². The molecule has 1 aliphatic heterocycles. The number of ether oxygens (including phenoxy) is 1. The maximum absolute atomic E-state index is 14.3. The van der Waals surface area contributed by atoms with E-state index in [1.54, 1.807) is 5.38 Å². The molecule has 0 saturated carbocycles. The largest absolute Gasteiger partial charge is 0.467 e. The first-order chi connectivity index (χ1) is 22.9. The number of piperidine rings is 1. The number of thiazole rings is 1. The van der Waals surface area contributed by atoms with Gasteiger partial charge in [0.25, 0.3) is 5.91 Å². The van der Waals surface area contributed by atoms with Gasteiger partial charge < -0.3 is 25.4 Å². The van der Waals surface area contributed by atoms with Crippen molar-refractivity contribution < 1.29 is 29.0 Å². The molecular weight excluding hydrogens is 630 g/mol. The summed E-state index contributed by atoms with van der Waals surface area (Å²) in [6.45, 7) is 11.4. The lowest BCUT2D eigenvalue weighted by Gasteiger charge is -2.39. The number of benzene rings is 1. The van der Waals surface area contributed by atoms with Gasteiger partial charge in [-0.25, -0.2) is 9.78 Å². The number of esters is 1. The highest BCUT2D eigenvalue weighted by atomic mass is 32.1. The fourth-order valence-electron chi connectivity index (χ4n) is 6.25. The molecule has 0 unspecified atom stereocenters. The average molecular weight is 686 g/mol. The van der Waals surface area contributed by atoms with Crippen LogP contribution in [0.5, 0.6) is 0 Å². The van der Waals surface area contributed by atoms with E-state index in [1.165, 1.54) is 7.11 Å². The standard InChI is InChI=1S/C36H55N5O6S/c1-8-18-41(35(45)31(24(5)9-2)39-33(44)28-17-13-14-19-40(28)6)29(23(3)4)21-30(42)34-38-27(22-48-34)32(43)37-26(36(46)47-7)20-25-15-11-10-12-16-25/h10-12,15-16,22-24,26,28-31,42H,8-9,13-14,17-21H2,1-7H3,(H,37,43)(H,39,44)/t24-,26-,28+,29+,30+,31-/m0/s1. The van der Waals surface area contributed by atoms with Crippen LogP contribution >= 0.6 is 11.3 Å². The second kappa shape index (κ2) is 19.0. The molecule has 0 bridgehead atoms. The summed E-state index contributed by atoms with van der Waals surface area (Å²) in [6, 6.07) is 7.13. The number of likely N-dealkylation sites (tertiary alicyclic amines) is 1. The van der Waals surface area contributed by atoms with Crippen LogP contribution < -0.4 is 10.6 Å². The van der Waals surface area contributed by atoms with Gasteiger partial charge in [0, 0.05) is 30.8 Å². The molecule has 48 heavy (non-hydrogen) atoms. The molecule has 0 spiro atoms. The Hall–Kier alpha value is -3.35. The number of carbonyl (C=O) groups is 4. The molecule has 2 heterocycles. The highest BCUT2D eigenvalue weighted by Crippen LogP contribution is 2.29. The number of rotatable bonds is 17. The molecule has 1 aliphatic rings. The fourth-order valence-corrected chi connectivity index (χ4v) is 7.05. The molecule has 1 saturated heterocycles. The number of nitrogens with one attached hydrogen (secondary N) is 2. The first-order valence-corrected chi connectivity index (χ1v) is 18.2. The average Bonchev–Trinajstić information content (AvgIpc) is 3.59. The summed E-state index contributed by atoms with van der Waals surface area (Å²) in [7, 11) is 3.23. The lowest BCUT2D eigenvalue weighted by atomic mass is 9.92. The maximum Gasteiger partial charge on any atom is 0.328 e. The van der Waals surface area contributed by atoms with E-state index in [-0.39, 0.29) is 54.3 Å². The molecule has 1 aromatic carbocycles. The van der Waals surface area contributed by atoms with Crippen molar-refractivity contribution in [1.82, 2.24) is 25.4 Å². The van der Waals surface area contributed by atoms with Crippen molar-refractivity contribution in [2.75, 3.05) is 27.2 Å². The maximum atomic E-state index is 14.3. The van der Waals surface area contributed by atoms with Crippen LogP contribution in [-0.2, 0) is 25.5 Å². The summed E-state index contributed by atoms with van der Waals surface area (Å²) >= 11 is 1.15. The van der Waals surface area contributed by atoms with Gasteiger partial charge in [0.05, 0.1) is 13.2 Å². The van der Waals surface area contributed by atoms with Crippen LogP contribution in [0.3, 0.4) is 0 Å². The van der Waals surface area contributed by atoms with Gasteiger partial charge in [-0.1, -0.05) is 77.8 Å². The van der Waals surface area contributed by atoms with Crippen molar-refractivity contribution >= 4 is 35.0 Å². The van der Waals surface area contributed by atoms with E-state index in [0.29, 0.717) is 18.0 Å². The minimum Gasteiger partial charge on any atom is -0.467 e. The molecule has 0 radical (unpaired) electrons. The summed E-state index contributed by atoms with van der Waals surface area (Å²) in [5.41, 5.74) is 0.954. The second-order valence-electron chi connectivity index (χ2n) is 13.3. The minimum absolute atomic E-state index is 0.00514. The summed E-state index contributed by atoms with van der Waals surface area (Å²) in [5.74, 6) is -1.45. The first-order valence-electron chi connectivity index (χ1n) is 17.3. The van der Waals surface area contributed by atoms with Gasteiger partial charge in [0.1, 0.15) is 28.9 Å². The summed E-state index contributed by atoms with van der Waals surface area (Å²) in [4.78, 5) is 61.7. The van der Waals surface area contributed by atoms with E-state index < -0.39 is 30.1 Å². The normalized spacial score (nSPS) is 18.3. The molecule has 0 aliphatic carbocycles. The smallest absolute Gasteiger partial charge is 0.328 e. The van der Waals surface area contributed by atoms with Crippen LogP contribution in [0.15, 0.2) is 35.7 Å². The highest BCUT2D eigenvalue weighted by Gasteiger charge is 2.37. The Labute approximate surface area is 289 Å². The molecular formula is C36H55N5O6S. The van der Waals surface area contributed by atoms with Crippen LogP contribution in [0.4, 0.5) is 0 Å². The Morgan fingerprint density at radius 1 is 1.10 bits per heavy atom. The third-order valence-electron chi connectivity index (χ3n) is 9.35. The number of methoxy groups -OCH3 is 1. The summed E-state index contributed by atoms with van der Waals surface area (Å²) < 4.78 is 4.92. The Balaban J connectivity index is 1.76. The molecule has 266 valence electrons. The molecule has 3 amide bonds. The zero-order valence-electron chi connectivity index (χ0n) is 29.6. The third-order valence-corrected chi connectivity index (χ3v) is 10.3. The Morgan fingerprint density at radius 2 is 1.81 bits per heavy atom. The highest BCUT2D eigenvalue weighted by molar-refractivity contribution is 7.09. The first kappa shape index (κ1) is 39.1. The molecule has 3 N–H and O–H groups in total. The summed E-state index contributed by atoms with van der Waals surface area (Å²) in [6.07, 6.45) is 3.68. The van der Waals surface area contributed by atoms with Gasteiger partial charge in [-0.05, 0) is 50.3 Å². The van der Waals surface area contributed by atoms with Gasteiger partial charge in [-0.2, -0.15) is 0 Å². The number of aromatic nitrogens is 1. The van der Waals surface area contributed by atoms with Crippen LogP contribution in [0.1, 0.15) is 100 Å². The number of aliphatic hydroxyl groups is 1. The Kier molecular flexibility index (Phi) is 15.5. The number of carbonyl (C=O) groups excluding carboxylic acids is 4. The Bertz CT molecular complexity index is 1340. The molecule has 12 heteroatoms. The molecule has 1 aromatic heterocycles. The second-order valence-corrected chi connectivity index (χ2v) is 14.2. The van der Waals surface area contributed by atoms with Gasteiger partial charge in [-0.15, -0.1) is 11.3 Å². The van der Waals surface area contributed by atoms with Crippen LogP contribution in [0.2, 0.25) is 0 Å². The van der Waals surface area contributed by atoms with E-state index in [2.05, 4.69) is 20.5 Å². The molecule has 1 fully saturated rings. The third kappa shape index (κ3) is 10.6. The number of nitrogens with zero attached hydrogens (tertiary/aromatic N) is 3. The predicted octanol–water partition coefficient (Wildman–Crippen LogP) is 4.36. The van der Waals surface area contributed by atoms with Crippen molar-refractivity contribution in [2.24, 2.45) is 11.8 Å². The van der Waals surface area contributed by atoms with Crippen molar-refractivity contribution in [3.63, 3.8) is 0 Å². The SMILES string of the molecule is CCCN(C(=O)[C@@H](NC(=O)[C@H]1CCCCN1C)[C@@H](C)CC)[C@H](C[C@@H](O)c1nc(C(=O)N[C@@H](Cc2ccccc2)C(=O)OC)cs1)C(C)C. The lowest BCUT2D eigenvalue weighted by Crippen LogP contribution is -2.58. The monoisotopic (exact) mass is 685 g/mol. The number of likely N-dealkylation sites (N-methyl/N-ethyl adjacent to an activating group) is 1. The number of hydrogen-bond donors (Lipinski definition) is 3. The van der Waals surface area contributed by atoms with Crippen LogP contribution in [-0.4, -0.2) is 95.0 Å². The molecule has 11 nitrogen and oxygen atoms in total.